The van der Waals surface area contributed by atoms with Crippen molar-refractivity contribution in [1.82, 2.24) is 15.0 Å². The largest absolute Gasteiger partial charge is 0.492 e. The van der Waals surface area contributed by atoms with Crippen LogP contribution in [0.5, 0.6) is 5.75 Å². The first-order valence-electron chi connectivity index (χ1n) is 5.92. The first-order valence-corrected chi connectivity index (χ1v) is 6.46. The maximum Gasteiger partial charge on any atom is 0.119 e. The minimum Gasteiger partial charge on any atom is -0.492 e. The zero-order valence-corrected chi connectivity index (χ0v) is 11.1. The van der Waals surface area contributed by atoms with Crippen LogP contribution in [0, 0.1) is 6.92 Å². The molecular weight excluding hydrogens is 250 g/mol. The minimum absolute atomic E-state index is 0.568. The van der Waals surface area contributed by atoms with Gasteiger partial charge in [0.05, 0.1) is 12.2 Å². The smallest absolute Gasteiger partial charge is 0.119 e. The number of halogens is 1. The zero-order valence-electron chi connectivity index (χ0n) is 10.3. The molecule has 4 nitrogen and oxygen atoms in total. The van der Waals surface area contributed by atoms with Crippen LogP contribution in [0.25, 0.3) is 0 Å². The second kappa shape index (κ2) is 6.40. The summed E-state index contributed by atoms with van der Waals surface area (Å²) in [7, 11) is 0. The number of aromatic nitrogens is 3. The van der Waals surface area contributed by atoms with Crippen molar-refractivity contribution in [3.8, 4) is 5.75 Å². The average molecular weight is 266 g/mol. The SMILES string of the molecule is Cc1cccc(OCCn2cc(CCCl)nn2)c1. The number of rotatable bonds is 6. The van der Waals surface area contributed by atoms with Crippen LogP contribution in [0.1, 0.15) is 11.3 Å². The Morgan fingerprint density at radius 1 is 1.39 bits per heavy atom. The molecule has 0 saturated carbocycles. The lowest BCUT2D eigenvalue weighted by Crippen LogP contribution is -2.08. The molecule has 1 heterocycles. The Morgan fingerprint density at radius 2 is 2.28 bits per heavy atom. The predicted molar refractivity (Wildman–Crippen MR) is 71.1 cm³/mol. The van der Waals surface area contributed by atoms with Crippen LogP contribution in [-0.4, -0.2) is 27.5 Å². The first-order chi connectivity index (χ1) is 8.78. The van der Waals surface area contributed by atoms with Gasteiger partial charge in [-0.15, -0.1) is 16.7 Å². The average Bonchev–Trinajstić information content (AvgIpc) is 2.78. The molecule has 0 unspecified atom stereocenters. The molecule has 0 aliphatic carbocycles. The number of nitrogens with zero attached hydrogens (tertiary/aromatic N) is 3. The Bertz CT molecular complexity index is 498. The van der Waals surface area contributed by atoms with E-state index in [-0.39, 0.29) is 0 Å². The highest BCUT2D eigenvalue weighted by Crippen LogP contribution is 2.12. The maximum atomic E-state index is 5.65. The van der Waals surface area contributed by atoms with Gasteiger partial charge >= 0.3 is 0 Å². The molecule has 96 valence electrons. The van der Waals surface area contributed by atoms with Gasteiger partial charge in [-0.05, 0) is 24.6 Å². The second-order valence-electron chi connectivity index (χ2n) is 4.08. The third kappa shape index (κ3) is 3.74. The van der Waals surface area contributed by atoms with Crippen molar-refractivity contribution in [3.05, 3.63) is 41.7 Å². The summed E-state index contributed by atoms with van der Waals surface area (Å²) in [4.78, 5) is 0. The Labute approximate surface area is 112 Å². The topological polar surface area (TPSA) is 39.9 Å². The van der Waals surface area contributed by atoms with Crippen LogP contribution >= 0.6 is 11.6 Å². The molecule has 0 N–H and O–H groups in total. The standard InChI is InChI=1S/C13H16ClN3O/c1-11-3-2-4-13(9-11)18-8-7-17-10-12(5-6-14)15-16-17/h2-4,9-10H,5-8H2,1H3. The third-order valence-electron chi connectivity index (χ3n) is 2.52. The number of benzene rings is 1. The highest BCUT2D eigenvalue weighted by atomic mass is 35.5. The van der Waals surface area contributed by atoms with Crippen molar-refractivity contribution in [2.45, 2.75) is 19.9 Å². The molecular formula is C13H16ClN3O. The zero-order chi connectivity index (χ0) is 12.8. The van der Waals surface area contributed by atoms with Gasteiger partial charge in [-0.25, -0.2) is 4.68 Å². The molecule has 2 aromatic rings. The molecule has 1 aromatic carbocycles. The van der Waals surface area contributed by atoms with E-state index in [2.05, 4.69) is 10.3 Å². The van der Waals surface area contributed by atoms with Crippen molar-refractivity contribution < 1.29 is 4.74 Å². The van der Waals surface area contributed by atoms with Crippen molar-refractivity contribution >= 4 is 11.6 Å². The molecule has 0 aliphatic rings. The number of hydrogen-bond donors (Lipinski definition) is 0. The van der Waals surface area contributed by atoms with Crippen molar-refractivity contribution in [3.63, 3.8) is 0 Å². The number of alkyl halides is 1. The molecule has 2 rings (SSSR count). The van der Waals surface area contributed by atoms with Gasteiger partial charge in [-0.1, -0.05) is 17.3 Å². The van der Waals surface area contributed by atoms with Gasteiger partial charge in [0.2, 0.25) is 0 Å². The summed E-state index contributed by atoms with van der Waals surface area (Å²) in [6.45, 7) is 3.30. The van der Waals surface area contributed by atoms with E-state index < -0.39 is 0 Å². The lowest BCUT2D eigenvalue weighted by molar-refractivity contribution is 0.289. The number of aryl methyl sites for hydroxylation is 2. The molecule has 18 heavy (non-hydrogen) atoms. The summed E-state index contributed by atoms with van der Waals surface area (Å²) in [5, 5.41) is 8.03. The maximum absolute atomic E-state index is 5.65. The van der Waals surface area contributed by atoms with Crippen molar-refractivity contribution in [1.29, 1.82) is 0 Å². The Hall–Kier alpha value is -1.55. The van der Waals surface area contributed by atoms with Crippen LogP contribution in [0.2, 0.25) is 0 Å². The molecule has 0 atom stereocenters. The molecule has 0 radical (unpaired) electrons. The summed E-state index contributed by atoms with van der Waals surface area (Å²) < 4.78 is 7.42. The van der Waals surface area contributed by atoms with E-state index in [0.29, 0.717) is 19.0 Å². The van der Waals surface area contributed by atoms with E-state index in [4.69, 9.17) is 16.3 Å². The second-order valence-corrected chi connectivity index (χ2v) is 4.45. The van der Waals surface area contributed by atoms with Crippen LogP contribution in [0.4, 0.5) is 0 Å². The molecule has 5 heteroatoms. The van der Waals surface area contributed by atoms with Crippen LogP contribution in [0.3, 0.4) is 0 Å². The van der Waals surface area contributed by atoms with E-state index in [1.807, 2.05) is 37.4 Å². The fourth-order valence-electron chi connectivity index (χ4n) is 1.62. The Balaban J connectivity index is 1.81. The fourth-order valence-corrected chi connectivity index (χ4v) is 1.81. The van der Waals surface area contributed by atoms with Gasteiger partial charge in [0.15, 0.2) is 0 Å². The normalized spacial score (nSPS) is 10.6. The van der Waals surface area contributed by atoms with Crippen molar-refractivity contribution in [2.75, 3.05) is 12.5 Å². The van der Waals surface area contributed by atoms with Gasteiger partial charge in [-0.3, -0.25) is 0 Å². The molecule has 0 bridgehead atoms. The summed E-state index contributed by atoms with van der Waals surface area (Å²) in [6, 6.07) is 7.99. The van der Waals surface area contributed by atoms with Gasteiger partial charge in [0.25, 0.3) is 0 Å². The van der Waals surface area contributed by atoms with Crippen LogP contribution in [-0.2, 0) is 13.0 Å². The van der Waals surface area contributed by atoms with E-state index in [9.17, 15) is 0 Å². The Morgan fingerprint density at radius 3 is 3.06 bits per heavy atom. The minimum atomic E-state index is 0.568. The van der Waals surface area contributed by atoms with Crippen molar-refractivity contribution in [2.24, 2.45) is 0 Å². The molecule has 1 aromatic heterocycles. The highest BCUT2D eigenvalue weighted by molar-refractivity contribution is 6.17. The highest BCUT2D eigenvalue weighted by Gasteiger charge is 2.00. The molecule has 0 saturated heterocycles. The van der Waals surface area contributed by atoms with E-state index >= 15 is 0 Å². The van der Waals surface area contributed by atoms with E-state index in [1.165, 1.54) is 5.56 Å². The molecule has 0 fully saturated rings. The summed E-state index contributed by atoms with van der Waals surface area (Å²) in [5.74, 6) is 1.45. The summed E-state index contributed by atoms with van der Waals surface area (Å²) in [5.41, 5.74) is 2.11. The van der Waals surface area contributed by atoms with Gasteiger partial charge in [0, 0.05) is 18.5 Å². The third-order valence-corrected chi connectivity index (χ3v) is 2.70. The first kappa shape index (κ1) is 12.9. The fraction of sp³-hybridized carbons (Fsp3) is 0.385. The van der Waals surface area contributed by atoms with E-state index in [0.717, 1.165) is 17.9 Å². The predicted octanol–water partition coefficient (Wildman–Crippen LogP) is 2.45. The number of ether oxygens (including phenoxy) is 1. The quantitative estimate of drug-likeness (QED) is 0.753. The van der Waals surface area contributed by atoms with E-state index in [1.54, 1.807) is 4.68 Å². The van der Waals surface area contributed by atoms with Crippen LogP contribution < -0.4 is 4.74 Å². The summed E-state index contributed by atoms with van der Waals surface area (Å²) in [6.07, 6.45) is 2.66. The van der Waals surface area contributed by atoms with Crippen LogP contribution in [0.15, 0.2) is 30.5 Å². The van der Waals surface area contributed by atoms with Gasteiger partial charge < -0.3 is 4.74 Å². The lowest BCUT2D eigenvalue weighted by atomic mass is 10.2. The Kier molecular flexibility index (Phi) is 4.59. The number of hydrogen-bond acceptors (Lipinski definition) is 3. The lowest BCUT2D eigenvalue weighted by Gasteiger charge is -2.06. The van der Waals surface area contributed by atoms with Gasteiger partial charge in [0.1, 0.15) is 12.4 Å². The monoisotopic (exact) mass is 265 g/mol. The molecule has 0 aliphatic heterocycles. The van der Waals surface area contributed by atoms with Gasteiger partial charge in [-0.2, -0.15) is 0 Å². The summed E-state index contributed by atoms with van der Waals surface area (Å²) >= 11 is 5.64. The molecule has 0 amide bonds. The molecule has 0 spiro atoms.